The van der Waals surface area contributed by atoms with Gasteiger partial charge in [-0.2, -0.15) is 0 Å². The summed E-state index contributed by atoms with van der Waals surface area (Å²) in [6.45, 7) is 5.76. The van der Waals surface area contributed by atoms with Crippen molar-refractivity contribution in [2.24, 2.45) is 5.92 Å². The van der Waals surface area contributed by atoms with E-state index in [1.165, 1.54) is 19.3 Å². The van der Waals surface area contributed by atoms with Crippen molar-refractivity contribution < 1.29 is 22.3 Å². The largest absolute Gasteiger partial charge is 0.381 e. The van der Waals surface area contributed by atoms with Crippen LogP contribution in [-0.2, 0) is 11.2 Å². The first-order valence-electron chi connectivity index (χ1n) is 15.6. The first-order chi connectivity index (χ1) is 19.9. The van der Waals surface area contributed by atoms with Gasteiger partial charge in [0.15, 0.2) is 23.3 Å². The number of aryl methyl sites for hydroxylation is 1. The van der Waals surface area contributed by atoms with Gasteiger partial charge in [-0.15, -0.1) is 0 Å². The molecule has 0 N–H and O–H groups in total. The molecule has 5 heteroatoms. The lowest BCUT2D eigenvalue weighted by Gasteiger charge is -2.29. The van der Waals surface area contributed by atoms with Crippen molar-refractivity contribution in [3.8, 4) is 22.3 Å². The molecule has 1 aliphatic carbocycles. The average molecular weight is 569 g/mol. The summed E-state index contributed by atoms with van der Waals surface area (Å²) >= 11 is 0. The van der Waals surface area contributed by atoms with Gasteiger partial charge in [-0.05, 0) is 79.0 Å². The molecule has 0 heterocycles. The Hall–Kier alpha value is -2.66. The molecule has 0 unspecified atom stereocenters. The Labute approximate surface area is 243 Å². The van der Waals surface area contributed by atoms with E-state index in [2.05, 4.69) is 13.8 Å². The average Bonchev–Trinajstić information content (AvgIpc) is 2.99. The number of hydrogen-bond donors (Lipinski definition) is 0. The predicted molar refractivity (Wildman–Crippen MR) is 160 cm³/mol. The molecule has 0 saturated heterocycles. The molecule has 41 heavy (non-hydrogen) atoms. The molecule has 0 radical (unpaired) electrons. The minimum absolute atomic E-state index is 0.00486. The molecule has 4 rings (SSSR count). The summed E-state index contributed by atoms with van der Waals surface area (Å²) in [6, 6.07) is 13.1. The van der Waals surface area contributed by atoms with Crippen LogP contribution in [0.4, 0.5) is 17.6 Å². The van der Waals surface area contributed by atoms with Gasteiger partial charge in [-0.3, -0.25) is 0 Å². The van der Waals surface area contributed by atoms with Gasteiger partial charge in [0.05, 0.1) is 0 Å². The van der Waals surface area contributed by atoms with Crippen LogP contribution in [0.1, 0.15) is 102 Å². The van der Waals surface area contributed by atoms with Crippen LogP contribution in [-0.4, -0.2) is 13.2 Å². The predicted octanol–water partition coefficient (Wildman–Crippen LogP) is 11.2. The molecule has 1 aliphatic rings. The second-order valence-electron chi connectivity index (χ2n) is 11.6. The lowest BCUT2D eigenvalue weighted by Crippen LogP contribution is -2.19. The first-order valence-corrected chi connectivity index (χ1v) is 15.6. The standard InChI is InChI=1S/C36H44F4O/c1-3-5-6-7-8-9-10-29-19-20-30(34(38)33(29)37)27-15-17-28(18-16-27)32-22-21-31(35(39)36(32)40)26-13-11-25(12-14-26)24-41-23-4-2/h15-22,25-26H,3-14,23-24H2,1-2H3. The Kier molecular flexibility index (Phi) is 11.9. The number of rotatable bonds is 14. The summed E-state index contributed by atoms with van der Waals surface area (Å²) in [5, 5.41) is 0. The molecule has 0 spiro atoms. The second-order valence-corrected chi connectivity index (χ2v) is 11.6. The Morgan fingerprint density at radius 1 is 0.610 bits per heavy atom. The van der Waals surface area contributed by atoms with Gasteiger partial charge >= 0.3 is 0 Å². The molecule has 3 aromatic rings. The van der Waals surface area contributed by atoms with E-state index in [9.17, 15) is 8.78 Å². The third kappa shape index (κ3) is 8.00. The van der Waals surface area contributed by atoms with Crippen LogP contribution in [0.15, 0.2) is 48.5 Å². The maximum atomic E-state index is 15.3. The zero-order valence-corrected chi connectivity index (χ0v) is 24.6. The van der Waals surface area contributed by atoms with Crippen molar-refractivity contribution in [3.63, 3.8) is 0 Å². The first kappa shape index (κ1) is 31.3. The van der Waals surface area contributed by atoms with Gasteiger partial charge in [0.2, 0.25) is 0 Å². The smallest absolute Gasteiger partial charge is 0.166 e. The molecule has 1 saturated carbocycles. The van der Waals surface area contributed by atoms with Crippen molar-refractivity contribution in [1.82, 2.24) is 0 Å². The summed E-state index contributed by atoms with van der Waals surface area (Å²) in [6.07, 6.45) is 11.6. The monoisotopic (exact) mass is 568 g/mol. The van der Waals surface area contributed by atoms with E-state index < -0.39 is 23.3 Å². The number of benzene rings is 3. The van der Waals surface area contributed by atoms with Gasteiger partial charge < -0.3 is 4.74 Å². The van der Waals surface area contributed by atoms with E-state index in [0.29, 0.717) is 34.6 Å². The Morgan fingerprint density at radius 2 is 1.20 bits per heavy atom. The summed E-state index contributed by atoms with van der Waals surface area (Å²) < 4.78 is 66.0. The van der Waals surface area contributed by atoms with Crippen molar-refractivity contribution in [2.75, 3.05) is 13.2 Å². The molecule has 3 aromatic carbocycles. The summed E-state index contributed by atoms with van der Waals surface area (Å²) in [5.74, 6) is -2.82. The Balaban J connectivity index is 1.41. The van der Waals surface area contributed by atoms with E-state index in [0.717, 1.165) is 64.6 Å². The van der Waals surface area contributed by atoms with Crippen molar-refractivity contribution in [2.45, 2.75) is 96.8 Å². The fraction of sp³-hybridized carbons (Fsp3) is 0.500. The number of halogens is 4. The maximum absolute atomic E-state index is 15.3. The molecule has 0 aliphatic heterocycles. The zero-order valence-electron chi connectivity index (χ0n) is 24.6. The quantitative estimate of drug-likeness (QED) is 0.139. The summed E-state index contributed by atoms with van der Waals surface area (Å²) in [4.78, 5) is 0. The van der Waals surface area contributed by atoms with Crippen LogP contribution in [0.25, 0.3) is 22.3 Å². The molecule has 1 fully saturated rings. The van der Waals surface area contributed by atoms with Crippen molar-refractivity contribution in [1.29, 1.82) is 0 Å². The van der Waals surface area contributed by atoms with E-state index in [1.807, 2.05) is 0 Å². The van der Waals surface area contributed by atoms with Crippen molar-refractivity contribution >= 4 is 0 Å². The van der Waals surface area contributed by atoms with Crippen LogP contribution >= 0.6 is 0 Å². The van der Waals surface area contributed by atoms with Gasteiger partial charge in [0.25, 0.3) is 0 Å². The molecule has 1 nitrogen and oxygen atoms in total. The highest BCUT2D eigenvalue weighted by Crippen LogP contribution is 2.39. The van der Waals surface area contributed by atoms with Crippen LogP contribution in [0.3, 0.4) is 0 Å². The SMILES string of the molecule is CCCCCCCCc1ccc(-c2ccc(-c3ccc(C4CCC(COCCC)CC4)c(F)c3F)cc2)c(F)c1F. The van der Waals surface area contributed by atoms with E-state index in [1.54, 1.807) is 48.5 Å². The molecule has 0 aromatic heterocycles. The van der Waals surface area contributed by atoms with Gasteiger partial charge in [0, 0.05) is 24.3 Å². The third-order valence-corrected chi connectivity index (χ3v) is 8.57. The maximum Gasteiger partial charge on any atom is 0.166 e. The summed E-state index contributed by atoms with van der Waals surface area (Å²) in [5.41, 5.74) is 2.16. The minimum atomic E-state index is -0.866. The second kappa shape index (κ2) is 15.5. The topological polar surface area (TPSA) is 9.23 Å². The number of ether oxygens (including phenoxy) is 1. The van der Waals surface area contributed by atoms with E-state index in [4.69, 9.17) is 4.74 Å². The van der Waals surface area contributed by atoms with Crippen molar-refractivity contribution in [3.05, 3.63) is 82.9 Å². The van der Waals surface area contributed by atoms with Crippen LogP contribution in [0.5, 0.6) is 0 Å². The molecular weight excluding hydrogens is 524 g/mol. The van der Waals surface area contributed by atoms with E-state index >= 15 is 8.78 Å². The Morgan fingerprint density at radius 3 is 1.83 bits per heavy atom. The van der Waals surface area contributed by atoms with Gasteiger partial charge in [0.1, 0.15) is 0 Å². The highest BCUT2D eigenvalue weighted by atomic mass is 19.2. The zero-order chi connectivity index (χ0) is 29.2. The fourth-order valence-electron chi connectivity index (χ4n) is 6.07. The third-order valence-electron chi connectivity index (χ3n) is 8.57. The van der Waals surface area contributed by atoms with Crippen LogP contribution in [0, 0.1) is 29.2 Å². The minimum Gasteiger partial charge on any atom is -0.381 e. The lowest BCUT2D eigenvalue weighted by atomic mass is 9.78. The highest BCUT2D eigenvalue weighted by molar-refractivity contribution is 5.71. The number of hydrogen-bond acceptors (Lipinski definition) is 1. The molecular formula is C36H44F4O. The van der Waals surface area contributed by atoms with Crippen LogP contribution in [0.2, 0.25) is 0 Å². The molecule has 0 atom stereocenters. The normalized spacial score (nSPS) is 17.2. The Bertz CT molecular complexity index is 1250. The van der Waals surface area contributed by atoms with E-state index in [-0.39, 0.29) is 17.0 Å². The summed E-state index contributed by atoms with van der Waals surface area (Å²) in [7, 11) is 0. The van der Waals surface area contributed by atoms with Gasteiger partial charge in [-0.25, -0.2) is 17.6 Å². The van der Waals surface area contributed by atoms with Gasteiger partial charge in [-0.1, -0.05) is 94.5 Å². The molecule has 0 bridgehead atoms. The fourth-order valence-corrected chi connectivity index (χ4v) is 6.07. The lowest BCUT2D eigenvalue weighted by molar-refractivity contribution is 0.0830. The molecule has 0 amide bonds. The number of unbranched alkanes of at least 4 members (excludes halogenated alkanes) is 5. The molecule has 222 valence electrons. The highest BCUT2D eigenvalue weighted by Gasteiger charge is 2.27. The van der Waals surface area contributed by atoms with Crippen LogP contribution < -0.4 is 0 Å².